The molecule has 24 heavy (non-hydrogen) atoms. The van der Waals surface area contributed by atoms with E-state index in [2.05, 4.69) is 5.16 Å². The number of nitrogens with zero attached hydrogens (tertiary/aromatic N) is 1. The van der Waals surface area contributed by atoms with Gasteiger partial charge in [0.25, 0.3) is 0 Å². The molecule has 6 nitrogen and oxygen atoms in total. The minimum atomic E-state index is -1.14. The van der Waals surface area contributed by atoms with Gasteiger partial charge < -0.3 is 19.1 Å². The maximum atomic E-state index is 10.8. The van der Waals surface area contributed by atoms with Crippen LogP contribution in [0.25, 0.3) is 11.3 Å². The van der Waals surface area contributed by atoms with Crippen LogP contribution in [0, 0.1) is 0 Å². The van der Waals surface area contributed by atoms with Crippen molar-refractivity contribution in [1.82, 2.24) is 5.16 Å². The lowest BCUT2D eigenvalue weighted by atomic mass is 10.1. The Kier molecular flexibility index (Phi) is 4.47. The fourth-order valence-corrected chi connectivity index (χ4v) is 2.12. The van der Waals surface area contributed by atoms with Gasteiger partial charge >= 0.3 is 5.97 Å². The molecule has 1 heterocycles. The summed E-state index contributed by atoms with van der Waals surface area (Å²) in [6.07, 6.45) is 0. The molecule has 0 saturated carbocycles. The quantitative estimate of drug-likeness (QED) is 0.745. The minimum Gasteiger partial charge on any atom is -0.497 e. The zero-order chi connectivity index (χ0) is 16.9. The second-order valence-corrected chi connectivity index (χ2v) is 5.04. The number of carboxylic acid groups (broad SMARTS) is 1. The third kappa shape index (κ3) is 3.55. The molecule has 0 spiro atoms. The van der Waals surface area contributed by atoms with Crippen LogP contribution in [-0.2, 0) is 6.61 Å². The number of aromatic carboxylic acids is 1. The van der Waals surface area contributed by atoms with Gasteiger partial charge in [0.15, 0.2) is 0 Å². The first-order chi connectivity index (χ1) is 11.7. The summed E-state index contributed by atoms with van der Waals surface area (Å²) in [7, 11) is 1.62. The van der Waals surface area contributed by atoms with Crippen molar-refractivity contribution < 1.29 is 23.9 Å². The van der Waals surface area contributed by atoms with Gasteiger partial charge in [-0.05, 0) is 29.8 Å². The van der Waals surface area contributed by atoms with Crippen LogP contribution >= 0.6 is 0 Å². The van der Waals surface area contributed by atoms with Gasteiger partial charge in [-0.15, -0.1) is 0 Å². The third-order valence-corrected chi connectivity index (χ3v) is 3.44. The highest BCUT2D eigenvalue weighted by Gasteiger charge is 2.12. The van der Waals surface area contributed by atoms with Crippen LogP contribution in [0.15, 0.2) is 59.1 Å². The van der Waals surface area contributed by atoms with Gasteiger partial charge in [0.05, 0.1) is 7.11 Å². The van der Waals surface area contributed by atoms with E-state index in [9.17, 15) is 4.79 Å². The molecular formula is C18H15NO5. The standard InChI is InChI=1S/C18H15NO5/c1-22-14-6-8-15(9-7-14)23-11-12-2-4-13(5-3-12)16-10-17(18(20)21)24-19-16/h2-10H,11H2,1H3,(H,20,21). The number of hydrogen-bond donors (Lipinski definition) is 1. The van der Waals surface area contributed by atoms with Gasteiger partial charge in [-0.3, -0.25) is 0 Å². The lowest BCUT2D eigenvalue weighted by Crippen LogP contribution is -1.95. The van der Waals surface area contributed by atoms with E-state index in [1.54, 1.807) is 7.11 Å². The smallest absolute Gasteiger partial charge is 0.374 e. The maximum absolute atomic E-state index is 10.8. The van der Waals surface area contributed by atoms with Gasteiger partial charge in [-0.1, -0.05) is 29.4 Å². The summed E-state index contributed by atoms with van der Waals surface area (Å²) in [6, 6.07) is 16.2. The van der Waals surface area contributed by atoms with Crippen molar-refractivity contribution >= 4 is 5.97 Å². The summed E-state index contributed by atoms with van der Waals surface area (Å²) in [5.41, 5.74) is 2.24. The Morgan fingerprint density at radius 2 is 1.75 bits per heavy atom. The second-order valence-electron chi connectivity index (χ2n) is 5.04. The minimum absolute atomic E-state index is 0.183. The Bertz CT molecular complexity index is 821. The lowest BCUT2D eigenvalue weighted by molar-refractivity contribution is 0.0652. The van der Waals surface area contributed by atoms with Crippen molar-refractivity contribution in [3.63, 3.8) is 0 Å². The summed E-state index contributed by atoms with van der Waals surface area (Å²) in [5.74, 6) is 0.206. The summed E-state index contributed by atoms with van der Waals surface area (Å²) in [5, 5.41) is 12.6. The molecule has 0 bridgehead atoms. The average molecular weight is 325 g/mol. The molecule has 0 unspecified atom stereocenters. The van der Waals surface area contributed by atoms with Crippen molar-refractivity contribution in [1.29, 1.82) is 0 Å². The van der Waals surface area contributed by atoms with Crippen molar-refractivity contribution in [2.75, 3.05) is 7.11 Å². The first kappa shape index (κ1) is 15.6. The van der Waals surface area contributed by atoms with E-state index in [-0.39, 0.29) is 5.76 Å². The molecule has 0 aliphatic carbocycles. The molecule has 1 N–H and O–H groups in total. The molecule has 0 aliphatic rings. The van der Waals surface area contributed by atoms with Gasteiger partial charge in [0.2, 0.25) is 5.76 Å². The number of hydrogen-bond acceptors (Lipinski definition) is 5. The van der Waals surface area contributed by atoms with E-state index in [4.69, 9.17) is 19.1 Å². The molecule has 6 heteroatoms. The van der Waals surface area contributed by atoms with Crippen molar-refractivity contribution in [2.24, 2.45) is 0 Å². The fraction of sp³-hybridized carbons (Fsp3) is 0.111. The highest BCUT2D eigenvalue weighted by atomic mass is 16.5. The molecule has 122 valence electrons. The zero-order valence-corrected chi connectivity index (χ0v) is 12.9. The van der Waals surface area contributed by atoms with Gasteiger partial charge in [0, 0.05) is 11.6 Å². The summed E-state index contributed by atoms with van der Waals surface area (Å²) in [6.45, 7) is 0.422. The van der Waals surface area contributed by atoms with Crippen molar-refractivity contribution in [3.8, 4) is 22.8 Å². The van der Waals surface area contributed by atoms with E-state index >= 15 is 0 Å². The highest BCUT2D eigenvalue weighted by molar-refractivity contribution is 5.85. The first-order valence-corrected chi connectivity index (χ1v) is 7.22. The SMILES string of the molecule is COc1ccc(OCc2ccc(-c3cc(C(=O)O)on3)cc2)cc1. The number of ether oxygens (including phenoxy) is 2. The monoisotopic (exact) mass is 325 g/mol. The lowest BCUT2D eigenvalue weighted by Gasteiger charge is -2.07. The van der Waals surface area contributed by atoms with Crippen LogP contribution in [0.5, 0.6) is 11.5 Å². The number of methoxy groups -OCH3 is 1. The molecule has 3 aromatic rings. The van der Waals surface area contributed by atoms with Crippen LogP contribution < -0.4 is 9.47 Å². The van der Waals surface area contributed by atoms with Gasteiger partial charge in [-0.2, -0.15) is 0 Å². The third-order valence-electron chi connectivity index (χ3n) is 3.44. The van der Waals surface area contributed by atoms with E-state index in [1.165, 1.54) is 6.07 Å². The molecule has 0 aliphatic heterocycles. The molecular weight excluding hydrogens is 310 g/mol. The Balaban J connectivity index is 1.64. The van der Waals surface area contributed by atoms with Crippen LogP contribution in [-0.4, -0.2) is 23.3 Å². The number of rotatable bonds is 6. The largest absolute Gasteiger partial charge is 0.497 e. The Morgan fingerprint density at radius 3 is 2.33 bits per heavy atom. The highest BCUT2D eigenvalue weighted by Crippen LogP contribution is 2.21. The molecule has 0 saturated heterocycles. The Hall–Kier alpha value is -3.28. The molecule has 3 rings (SSSR count). The normalized spacial score (nSPS) is 10.4. The molecule has 0 fully saturated rings. The number of aromatic nitrogens is 1. The zero-order valence-electron chi connectivity index (χ0n) is 12.9. The van der Waals surface area contributed by atoms with Crippen LogP contribution in [0.3, 0.4) is 0 Å². The van der Waals surface area contributed by atoms with Crippen molar-refractivity contribution in [3.05, 3.63) is 65.9 Å². The van der Waals surface area contributed by atoms with E-state index in [0.717, 1.165) is 22.6 Å². The summed E-state index contributed by atoms with van der Waals surface area (Å²) in [4.78, 5) is 10.8. The summed E-state index contributed by atoms with van der Waals surface area (Å²) >= 11 is 0. The summed E-state index contributed by atoms with van der Waals surface area (Å²) < 4.78 is 15.6. The van der Waals surface area contributed by atoms with Gasteiger partial charge in [-0.25, -0.2) is 4.79 Å². The number of benzene rings is 2. The maximum Gasteiger partial charge on any atom is 0.374 e. The Labute approximate surface area is 138 Å². The van der Waals surface area contributed by atoms with E-state index in [0.29, 0.717) is 12.3 Å². The molecule has 0 radical (unpaired) electrons. The molecule has 2 aromatic carbocycles. The van der Waals surface area contributed by atoms with Crippen molar-refractivity contribution in [2.45, 2.75) is 6.61 Å². The van der Waals surface area contributed by atoms with E-state index < -0.39 is 5.97 Å². The number of carbonyl (C=O) groups is 1. The first-order valence-electron chi connectivity index (χ1n) is 7.22. The van der Waals surface area contributed by atoms with Gasteiger partial charge in [0.1, 0.15) is 23.8 Å². The fourth-order valence-electron chi connectivity index (χ4n) is 2.12. The number of carboxylic acids is 1. The van der Waals surface area contributed by atoms with Crippen LogP contribution in [0.4, 0.5) is 0 Å². The van der Waals surface area contributed by atoms with E-state index in [1.807, 2.05) is 48.5 Å². The Morgan fingerprint density at radius 1 is 1.08 bits per heavy atom. The second kappa shape index (κ2) is 6.87. The average Bonchev–Trinajstić information content (AvgIpc) is 3.11. The topological polar surface area (TPSA) is 81.8 Å². The molecule has 1 aromatic heterocycles. The predicted molar refractivity (Wildman–Crippen MR) is 86.2 cm³/mol. The van der Waals surface area contributed by atoms with Crippen LogP contribution in [0.1, 0.15) is 16.1 Å². The van der Waals surface area contributed by atoms with Crippen LogP contribution in [0.2, 0.25) is 0 Å². The predicted octanol–water partition coefficient (Wildman–Crippen LogP) is 3.63. The molecule has 0 amide bonds. The molecule has 0 atom stereocenters.